The van der Waals surface area contributed by atoms with Crippen LogP contribution in [-0.2, 0) is 27.7 Å². The van der Waals surface area contributed by atoms with Gasteiger partial charge in [0.2, 0.25) is 10.0 Å². The molecule has 2 aromatic rings. The number of sulfonamides is 1. The number of carbonyl (C=O) groups is 1. The van der Waals surface area contributed by atoms with Crippen molar-refractivity contribution in [2.24, 2.45) is 0 Å². The minimum atomic E-state index is -3.60. The molecule has 2 aliphatic rings. The Labute approximate surface area is 169 Å². The maximum absolute atomic E-state index is 13.1. The number of fused-ring (bicyclic) bond motifs is 1. The summed E-state index contributed by atoms with van der Waals surface area (Å²) < 4.78 is 46.4. The molecule has 0 radical (unpaired) electrons. The second-order valence-electron chi connectivity index (χ2n) is 7.40. The molecule has 0 bridgehead atoms. The van der Waals surface area contributed by atoms with Gasteiger partial charge in [-0.3, -0.25) is 4.79 Å². The molecule has 1 unspecified atom stereocenters. The zero-order valence-electron chi connectivity index (χ0n) is 15.9. The van der Waals surface area contributed by atoms with E-state index in [1.54, 1.807) is 23.1 Å². The first-order valence-corrected chi connectivity index (χ1v) is 11.2. The third-order valence-corrected chi connectivity index (χ3v) is 6.82. The average Bonchev–Trinajstić information content (AvgIpc) is 3.25. The van der Waals surface area contributed by atoms with Gasteiger partial charge in [0.05, 0.1) is 11.0 Å². The fourth-order valence-corrected chi connectivity index (χ4v) is 4.85. The minimum Gasteiger partial charge on any atom is -0.377 e. The molecule has 1 N–H and O–H groups in total. The Morgan fingerprint density at radius 2 is 1.97 bits per heavy atom. The summed E-state index contributed by atoms with van der Waals surface area (Å²) >= 11 is 0. The van der Waals surface area contributed by atoms with Crippen molar-refractivity contribution in [3.63, 3.8) is 0 Å². The van der Waals surface area contributed by atoms with Gasteiger partial charge < -0.3 is 9.64 Å². The van der Waals surface area contributed by atoms with Gasteiger partial charge in [-0.15, -0.1) is 0 Å². The highest BCUT2D eigenvalue weighted by atomic mass is 32.2. The Morgan fingerprint density at radius 1 is 1.17 bits per heavy atom. The molecule has 2 aromatic carbocycles. The molecule has 4 rings (SSSR count). The van der Waals surface area contributed by atoms with Gasteiger partial charge in [-0.1, -0.05) is 6.07 Å². The SMILES string of the molecule is O=C(c1ccc(F)cc1)N1CCc2cc(S(=O)(=O)NCC3CCCO3)ccc2C1. The normalized spacial score (nSPS) is 19.2. The van der Waals surface area contributed by atoms with Crippen molar-refractivity contribution >= 4 is 15.9 Å². The number of benzene rings is 2. The van der Waals surface area contributed by atoms with E-state index in [2.05, 4.69) is 4.72 Å². The van der Waals surface area contributed by atoms with E-state index in [1.807, 2.05) is 0 Å². The van der Waals surface area contributed by atoms with Crippen LogP contribution in [0.5, 0.6) is 0 Å². The lowest BCUT2D eigenvalue weighted by Crippen LogP contribution is -2.36. The lowest BCUT2D eigenvalue weighted by Gasteiger charge is -2.29. The van der Waals surface area contributed by atoms with E-state index in [4.69, 9.17) is 4.74 Å². The molecule has 1 atom stereocenters. The highest BCUT2D eigenvalue weighted by Gasteiger charge is 2.25. The largest absolute Gasteiger partial charge is 0.377 e. The summed E-state index contributed by atoms with van der Waals surface area (Å²) in [6.07, 6.45) is 2.33. The molecule has 1 fully saturated rings. The minimum absolute atomic E-state index is 0.0616. The molecule has 8 heteroatoms. The topological polar surface area (TPSA) is 75.7 Å². The molecule has 29 heavy (non-hydrogen) atoms. The van der Waals surface area contributed by atoms with E-state index in [9.17, 15) is 17.6 Å². The molecule has 6 nitrogen and oxygen atoms in total. The van der Waals surface area contributed by atoms with Crippen molar-refractivity contribution < 1.29 is 22.3 Å². The van der Waals surface area contributed by atoms with E-state index in [-0.39, 0.29) is 29.3 Å². The molecule has 0 saturated carbocycles. The van der Waals surface area contributed by atoms with Crippen molar-refractivity contribution in [2.45, 2.75) is 36.8 Å². The Bertz CT molecular complexity index is 1000. The Hall–Kier alpha value is -2.29. The first kappa shape index (κ1) is 20.0. The summed E-state index contributed by atoms with van der Waals surface area (Å²) in [6.45, 7) is 1.84. The fraction of sp³-hybridized carbons (Fsp3) is 0.381. The van der Waals surface area contributed by atoms with E-state index < -0.39 is 10.0 Å². The van der Waals surface area contributed by atoms with Gasteiger partial charge in [0.15, 0.2) is 0 Å². The van der Waals surface area contributed by atoms with Gasteiger partial charge in [0.25, 0.3) is 5.91 Å². The van der Waals surface area contributed by atoms with Crippen LogP contribution in [0.15, 0.2) is 47.4 Å². The van der Waals surface area contributed by atoms with Crippen LogP contribution in [0.4, 0.5) is 4.39 Å². The van der Waals surface area contributed by atoms with Crippen LogP contribution < -0.4 is 4.72 Å². The van der Waals surface area contributed by atoms with Crippen molar-refractivity contribution in [2.75, 3.05) is 19.7 Å². The van der Waals surface area contributed by atoms with Crippen molar-refractivity contribution in [1.82, 2.24) is 9.62 Å². The number of hydrogen-bond donors (Lipinski definition) is 1. The lowest BCUT2D eigenvalue weighted by atomic mass is 9.99. The third-order valence-electron chi connectivity index (χ3n) is 5.40. The number of hydrogen-bond acceptors (Lipinski definition) is 4. The maximum atomic E-state index is 13.1. The quantitative estimate of drug-likeness (QED) is 0.810. The maximum Gasteiger partial charge on any atom is 0.254 e. The van der Waals surface area contributed by atoms with Crippen LogP contribution in [-0.4, -0.2) is 45.0 Å². The Balaban J connectivity index is 1.45. The number of nitrogens with zero attached hydrogens (tertiary/aromatic N) is 1. The van der Waals surface area contributed by atoms with Crippen LogP contribution in [0, 0.1) is 5.82 Å². The zero-order valence-corrected chi connectivity index (χ0v) is 16.8. The van der Waals surface area contributed by atoms with E-state index in [0.29, 0.717) is 31.7 Å². The number of nitrogens with one attached hydrogen (secondary N) is 1. The smallest absolute Gasteiger partial charge is 0.254 e. The van der Waals surface area contributed by atoms with Gasteiger partial charge in [0, 0.05) is 31.8 Å². The summed E-state index contributed by atoms with van der Waals surface area (Å²) in [5, 5.41) is 0. The average molecular weight is 418 g/mol. The first-order chi connectivity index (χ1) is 13.9. The molecular formula is C21H23FN2O4S. The van der Waals surface area contributed by atoms with E-state index in [1.165, 1.54) is 24.3 Å². The summed E-state index contributed by atoms with van der Waals surface area (Å²) in [5.41, 5.74) is 2.28. The molecule has 0 aromatic heterocycles. The van der Waals surface area contributed by atoms with Crippen molar-refractivity contribution in [3.8, 4) is 0 Å². The van der Waals surface area contributed by atoms with E-state index in [0.717, 1.165) is 24.0 Å². The summed E-state index contributed by atoms with van der Waals surface area (Å²) in [7, 11) is -3.60. The number of rotatable bonds is 5. The molecule has 1 saturated heterocycles. The van der Waals surface area contributed by atoms with Crippen LogP contribution >= 0.6 is 0 Å². The van der Waals surface area contributed by atoms with Crippen LogP contribution in [0.25, 0.3) is 0 Å². The fourth-order valence-electron chi connectivity index (χ4n) is 3.74. The van der Waals surface area contributed by atoms with Gasteiger partial charge in [-0.25, -0.2) is 17.5 Å². The second-order valence-corrected chi connectivity index (χ2v) is 9.17. The van der Waals surface area contributed by atoms with Crippen molar-refractivity contribution in [3.05, 3.63) is 65.0 Å². The number of carbonyl (C=O) groups excluding carboxylic acids is 1. The summed E-state index contributed by atoms with van der Waals surface area (Å²) in [5.74, 6) is -0.544. The number of amides is 1. The molecule has 154 valence electrons. The van der Waals surface area contributed by atoms with Gasteiger partial charge in [-0.05, 0) is 66.8 Å². The standard InChI is InChI=1S/C21H23FN2O4S/c22-18-6-3-15(4-7-18)21(25)24-10-9-16-12-20(8-5-17(16)14-24)29(26,27)23-13-19-2-1-11-28-19/h3-8,12,19,23H,1-2,9-11,13-14H2. The van der Waals surface area contributed by atoms with Gasteiger partial charge in [-0.2, -0.15) is 0 Å². The zero-order chi connectivity index (χ0) is 20.4. The second kappa shape index (κ2) is 8.22. The van der Waals surface area contributed by atoms with Crippen molar-refractivity contribution in [1.29, 1.82) is 0 Å². The monoisotopic (exact) mass is 418 g/mol. The molecular weight excluding hydrogens is 395 g/mol. The third kappa shape index (κ3) is 4.49. The van der Waals surface area contributed by atoms with Crippen LogP contribution in [0.3, 0.4) is 0 Å². The summed E-state index contributed by atoms with van der Waals surface area (Å²) in [6, 6.07) is 10.5. The molecule has 1 amide bonds. The highest BCUT2D eigenvalue weighted by Crippen LogP contribution is 2.24. The summed E-state index contributed by atoms with van der Waals surface area (Å²) in [4.78, 5) is 14.6. The first-order valence-electron chi connectivity index (χ1n) is 9.70. The van der Waals surface area contributed by atoms with Gasteiger partial charge in [0.1, 0.15) is 5.82 Å². The van der Waals surface area contributed by atoms with Crippen LogP contribution in [0.1, 0.15) is 34.3 Å². The lowest BCUT2D eigenvalue weighted by molar-refractivity contribution is 0.0734. The predicted octanol–water partition coefficient (Wildman–Crippen LogP) is 2.48. The molecule has 0 aliphatic carbocycles. The molecule has 2 aliphatic heterocycles. The Kier molecular flexibility index (Phi) is 5.67. The van der Waals surface area contributed by atoms with Gasteiger partial charge >= 0.3 is 0 Å². The predicted molar refractivity (Wildman–Crippen MR) is 105 cm³/mol. The molecule has 2 heterocycles. The highest BCUT2D eigenvalue weighted by molar-refractivity contribution is 7.89. The van der Waals surface area contributed by atoms with E-state index >= 15 is 0 Å². The molecule has 0 spiro atoms. The van der Waals surface area contributed by atoms with Crippen LogP contribution in [0.2, 0.25) is 0 Å². The number of ether oxygens (including phenoxy) is 1. The number of halogens is 1. The Morgan fingerprint density at radius 3 is 2.69 bits per heavy atom.